The Morgan fingerprint density at radius 3 is 2.56 bits per heavy atom. The Balaban J connectivity index is 2.07. The predicted octanol–water partition coefficient (Wildman–Crippen LogP) is 3.68. The average Bonchev–Trinajstić information content (AvgIpc) is 2.66. The lowest BCUT2D eigenvalue weighted by Crippen LogP contribution is -2.16. The molecule has 1 aromatic rings. The summed E-state index contributed by atoms with van der Waals surface area (Å²) in [6.45, 7) is 0. The molecule has 0 aromatic heterocycles. The third-order valence-electron chi connectivity index (χ3n) is 3.57. The summed E-state index contributed by atoms with van der Waals surface area (Å²) in [5, 5.41) is 9.23. The summed E-state index contributed by atoms with van der Waals surface area (Å²) < 4.78 is 26.2. The van der Waals surface area contributed by atoms with Crippen molar-refractivity contribution in [3.63, 3.8) is 0 Å². The maximum Gasteiger partial charge on any atom is 0.310 e. The lowest BCUT2D eigenvalue weighted by atomic mass is 9.88. The van der Waals surface area contributed by atoms with Gasteiger partial charge in [-0.05, 0) is 24.3 Å². The van der Waals surface area contributed by atoms with Gasteiger partial charge in [-0.3, -0.25) is 4.79 Å². The summed E-state index contributed by atoms with van der Waals surface area (Å²) in [6, 6.07) is 8.84. The van der Waals surface area contributed by atoms with Crippen molar-refractivity contribution in [1.29, 1.82) is 0 Å². The summed E-state index contributed by atoms with van der Waals surface area (Å²) in [6.07, 6.45) is 0.432. The van der Waals surface area contributed by atoms with Gasteiger partial charge in [-0.1, -0.05) is 30.3 Å². The Hall–Kier alpha value is -1.45. The normalized spacial score (nSPS) is 23.8. The van der Waals surface area contributed by atoms with Crippen molar-refractivity contribution < 1.29 is 18.7 Å². The van der Waals surface area contributed by atoms with E-state index in [1.165, 1.54) is 0 Å². The molecule has 98 valence electrons. The van der Waals surface area contributed by atoms with E-state index in [1.54, 1.807) is 24.3 Å². The third-order valence-corrected chi connectivity index (χ3v) is 3.57. The van der Waals surface area contributed by atoms with Crippen LogP contribution in [0, 0.1) is 5.92 Å². The second-order valence-corrected chi connectivity index (χ2v) is 5.00. The van der Waals surface area contributed by atoms with E-state index in [-0.39, 0.29) is 18.8 Å². The van der Waals surface area contributed by atoms with Crippen molar-refractivity contribution in [2.24, 2.45) is 5.92 Å². The molecule has 1 fully saturated rings. The Morgan fingerprint density at radius 1 is 1.39 bits per heavy atom. The third kappa shape index (κ3) is 3.06. The molecule has 0 aliphatic heterocycles. The van der Waals surface area contributed by atoms with Crippen LogP contribution in [0.5, 0.6) is 0 Å². The van der Waals surface area contributed by atoms with Crippen LogP contribution in [-0.4, -0.2) is 17.0 Å². The monoisotopic (exact) mass is 254 g/mol. The molecule has 0 heterocycles. The molecular formula is C14H16F2O2. The number of rotatable bonds is 4. The van der Waals surface area contributed by atoms with E-state index in [2.05, 4.69) is 0 Å². The van der Waals surface area contributed by atoms with E-state index in [1.807, 2.05) is 6.07 Å². The zero-order valence-corrected chi connectivity index (χ0v) is 9.98. The zero-order chi connectivity index (χ0) is 13.2. The number of alkyl halides is 2. The van der Waals surface area contributed by atoms with Gasteiger partial charge in [-0.25, -0.2) is 8.78 Å². The molecule has 4 heteroatoms. The summed E-state index contributed by atoms with van der Waals surface area (Å²) in [5.41, 5.74) is 0.695. The van der Waals surface area contributed by atoms with Crippen LogP contribution in [0.4, 0.5) is 8.78 Å². The van der Waals surface area contributed by atoms with Crippen LogP contribution in [0.15, 0.2) is 30.3 Å². The molecule has 1 aromatic carbocycles. The molecule has 0 saturated heterocycles. The van der Waals surface area contributed by atoms with Crippen LogP contribution in [0.25, 0.3) is 0 Å². The van der Waals surface area contributed by atoms with Crippen LogP contribution < -0.4 is 0 Å². The van der Waals surface area contributed by atoms with Gasteiger partial charge in [0.1, 0.15) is 0 Å². The summed E-state index contributed by atoms with van der Waals surface area (Å²) in [7, 11) is 0. The van der Waals surface area contributed by atoms with E-state index in [0.717, 1.165) is 0 Å². The van der Waals surface area contributed by atoms with Crippen LogP contribution in [0.1, 0.15) is 37.2 Å². The molecule has 2 unspecified atom stereocenters. The highest BCUT2D eigenvalue weighted by Gasteiger charge is 2.40. The average molecular weight is 254 g/mol. The Morgan fingerprint density at radius 2 is 2.06 bits per heavy atom. The quantitative estimate of drug-likeness (QED) is 0.889. The SMILES string of the molecule is O=C(O)C(CC1CCC(F)(F)C1)c1ccccc1. The van der Waals surface area contributed by atoms with E-state index in [9.17, 15) is 18.7 Å². The molecule has 0 radical (unpaired) electrons. The number of aliphatic carboxylic acids is 1. The summed E-state index contributed by atoms with van der Waals surface area (Å²) in [5.74, 6) is -4.41. The topological polar surface area (TPSA) is 37.3 Å². The Labute approximate surface area is 105 Å². The minimum absolute atomic E-state index is 0.112. The summed E-state index contributed by atoms with van der Waals surface area (Å²) in [4.78, 5) is 11.3. The molecule has 0 bridgehead atoms. The van der Waals surface area contributed by atoms with Gasteiger partial charge < -0.3 is 5.11 Å². The molecular weight excluding hydrogens is 238 g/mol. The Kier molecular flexibility index (Phi) is 3.64. The van der Waals surface area contributed by atoms with Gasteiger partial charge in [-0.2, -0.15) is 0 Å². The van der Waals surface area contributed by atoms with Crippen LogP contribution in [0.2, 0.25) is 0 Å². The number of carboxylic acids is 1. The number of carboxylic acid groups (broad SMARTS) is 1. The maximum absolute atomic E-state index is 13.1. The first-order chi connectivity index (χ1) is 8.48. The van der Waals surface area contributed by atoms with Crippen LogP contribution >= 0.6 is 0 Å². The van der Waals surface area contributed by atoms with E-state index < -0.39 is 17.8 Å². The van der Waals surface area contributed by atoms with Crippen molar-refractivity contribution in [2.45, 2.75) is 37.5 Å². The Bertz CT molecular complexity index is 417. The van der Waals surface area contributed by atoms with Gasteiger partial charge in [0, 0.05) is 12.8 Å². The largest absolute Gasteiger partial charge is 0.481 e. The molecule has 1 saturated carbocycles. The van der Waals surface area contributed by atoms with Crippen molar-refractivity contribution in [3.8, 4) is 0 Å². The molecule has 1 aliphatic rings. The van der Waals surface area contributed by atoms with E-state index >= 15 is 0 Å². The standard InChI is InChI=1S/C14H16F2O2/c15-14(16)7-6-10(9-14)8-12(13(17)18)11-4-2-1-3-5-11/h1-5,10,12H,6-9H2,(H,17,18). The molecule has 2 nitrogen and oxygen atoms in total. The minimum atomic E-state index is -2.61. The highest BCUT2D eigenvalue weighted by Crippen LogP contribution is 2.42. The molecule has 1 N–H and O–H groups in total. The van der Waals surface area contributed by atoms with Gasteiger partial charge >= 0.3 is 5.97 Å². The van der Waals surface area contributed by atoms with Crippen molar-refractivity contribution in [3.05, 3.63) is 35.9 Å². The van der Waals surface area contributed by atoms with Gasteiger partial charge in [0.25, 0.3) is 0 Å². The zero-order valence-electron chi connectivity index (χ0n) is 9.98. The molecule has 0 spiro atoms. The van der Waals surface area contributed by atoms with Crippen molar-refractivity contribution >= 4 is 5.97 Å². The fourth-order valence-corrected chi connectivity index (χ4v) is 2.64. The summed E-state index contributed by atoms with van der Waals surface area (Å²) >= 11 is 0. The number of hydrogen-bond acceptors (Lipinski definition) is 1. The molecule has 18 heavy (non-hydrogen) atoms. The number of halogens is 2. The number of benzene rings is 1. The smallest absolute Gasteiger partial charge is 0.310 e. The first-order valence-corrected chi connectivity index (χ1v) is 6.13. The van der Waals surface area contributed by atoms with E-state index in [0.29, 0.717) is 18.4 Å². The fourth-order valence-electron chi connectivity index (χ4n) is 2.64. The first kappa shape index (κ1) is 13.0. The second-order valence-electron chi connectivity index (χ2n) is 5.00. The maximum atomic E-state index is 13.1. The lowest BCUT2D eigenvalue weighted by Gasteiger charge is -2.17. The molecule has 0 amide bonds. The van der Waals surface area contributed by atoms with Gasteiger partial charge in [0.2, 0.25) is 5.92 Å². The fraction of sp³-hybridized carbons (Fsp3) is 0.500. The highest BCUT2D eigenvalue weighted by atomic mass is 19.3. The highest BCUT2D eigenvalue weighted by molar-refractivity contribution is 5.76. The lowest BCUT2D eigenvalue weighted by molar-refractivity contribution is -0.139. The van der Waals surface area contributed by atoms with Crippen LogP contribution in [-0.2, 0) is 4.79 Å². The van der Waals surface area contributed by atoms with Gasteiger partial charge in [-0.15, -0.1) is 0 Å². The molecule has 1 aliphatic carbocycles. The van der Waals surface area contributed by atoms with Crippen LogP contribution in [0.3, 0.4) is 0 Å². The first-order valence-electron chi connectivity index (χ1n) is 6.13. The predicted molar refractivity (Wildman–Crippen MR) is 63.7 cm³/mol. The molecule has 2 rings (SSSR count). The van der Waals surface area contributed by atoms with E-state index in [4.69, 9.17) is 0 Å². The number of carbonyl (C=O) groups is 1. The van der Waals surface area contributed by atoms with Gasteiger partial charge in [0.15, 0.2) is 0 Å². The number of hydrogen-bond donors (Lipinski definition) is 1. The van der Waals surface area contributed by atoms with Crippen molar-refractivity contribution in [2.75, 3.05) is 0 Å². The van der Waals surface area contributed by atoms with Crippen molar-refractivity contribution in [1.82, 2.24) is 0 Å². The minimum Gasteiger partial charge on any atom is -0.481 e. The molecule has 2 atom stereocenters. The van der Waals surface area contributed by atoms with Gasteiger partial charge in [0.05, 0.1) is 5.92 Å². The second kappa shape index (κ2) is 5.04.